The summed E-state index contributed by atoms with van der Waals surface area (Å²) in [6, 6.07) is 6.16. The Morgan fingerprint density at radius 1 is 1.20 bits per heavy atom. The van der Waals surface area contributed by atoms with E-state index in [0.29, 0.717) is 11.5 Å². The van der Waals surface area contributed by atoms with E-state index in [2.05, 4.69) is 5.32 Å². The van der Waals surface area contributed by atoms with E-state index < -0.39 is 12.0 Å². The van der Waals surface area contributed by atoms with Gasteiger partial charge in [0.25, 0.3) is 5.91 Å². The Hall–Kier alpha value is -2.24. The number of rotatable bonds is 7. The molecule has 1 aromatic rings. The first-order chi connectivity index (χ1) is 9.56. The molecule has 1 rings (SSSR count). The number of methoxy groups -OCH3 is 1. The maximum Gasteiger partial charge on any atom is 0.328 e. The van der Waals surface area contributed by atoms with Crippen LogP contribution in [0.3, 0.4) is 0 Å². The van der Waals surface area contributed by atoms with Crippen molar-refractivity contribution in [3.63, 3.8) is 0 Å². The smallest absolute Gasteiger partial charge is 0.328 e. The zero-order valence-electron chi connectivity index (χ0n) is 11.8. The first kappa shape index (κ1) is 15.8. The number of nitrogens with one attached hydrogen (secondary N) is 1. The molecule has 1 amide bonds. The van der Waals surface area contributed by atoms with Crippen molar-refractivity contribution >= 4 is 11.9 Å². The third-order valence-corrected chi connectivity index (χ3v) is 2.45. The molecule has 0 aliphatic carbocycles. The largest absolute Gasteiger partial charge is 0.497 e. The van der Waals surface area contributed by atoms with Gasteiger partial charge in [-0.15, -0.1) is 0 Å². The summed E-state index contributed by atoms with van der Waals surface area (Å²) in [5.74, 6) is 0.397. The monoisotopic (exact) mass is 281 g/mol. The van der Waals surface area contributed by atoms with Crippen molar-refractivity contribution in [1.29, 1.82) is 0 Å². The highest BCUT2D eigenvalue weighted by Gasteiger charge is 2.16. The summed E-state index contributed by atoms with van der Waals surface area (Å²) in [7, 11) is 1.57. The predicted molar refractivity (Wildman–Crippen MR) is 72.7 cm³/mol. The van der Waals surface area contributed by atoms with Crippen molar-refractivity contribution in [2.75, 3.05) is 20.3 Å². The number of carbonyl (C=O) groups excluding carboxylic acids is 2. The predicted octanol–water partition coefficient (Wildman–Crippen LogP) is 1.14. The third kappa shape index (κ3) is 5.17. The van der Waals surface area contributed by atoms with Gasteiger partial charge in [-0.2, -0.15) is 0 Å². The molecule has 0 bridgehead atoms. The summed E-state index contributed by atoms with van der Waals surface area (Å²) in [6.07, 6.45) is 0. The highest BCUT2D eigenvalue weighted by atomic mass is 16.5. The minimum atomic E-state index is -0.693. The Morgan fingerprint density at radius 2 is 1.80 bits per heavy atom. The molecule has 0 aromatic heterocycles. The van der Waals surface area contributed by atoms with Crippen LogP contribution in [0.5, 0.6) is 11.5 Å². The molecule has 0 saturated heterocycles. The SMILES string of the molecule is CCOC(=O)C(C)NC(=O)COc1ccc(OC)cc1. The number of hydrogen-bond acceptors (Lipinski definition) is 5. The highest BCUT2D eigenvalue weighted by Crippen LogP contribution is 2.16. The fraction of sp³-hybridized carbons (Fsp3) is 0.429. The lowest BCUT2D eigenvalue weighted by Gasteiger charge is -2.13. The Kier molecular flexibility index (Phi) is 6.36. The molecule has 0 saturated carbocycles. The van der Waals surface area contributed by atoms with Crippen LogP contribution in [0.25, 0.3) is 0 Å². The van der Waals surface area contributed by atoms with E-state index in [1.165, 1.54) is 0 Å². The van der Waals surface area contributed by atoms with Crippen LogP contribution in [0.2, 0.25) is 0 Å². The maximum atomic E-state index is 11.6. The average Bonchev–Trinajstić information content (AvgIpc) is 2.45. The van der Waals surface area contributed by atoms with Crippen LogP contribution in [0.15, 0.2) is 24.3 Å². The molecule has 20 heavy (non-hydrogen) atoms. The van der Waals surface area contributed by atoms with Gasteiger partial charge in [-0.1, -0.05) is 0 Å². The van der Waals surface area contributed by atoms with Crippen molar-refractivity contribution in [3.8, 4) is 11.5 Å². The van der Waals surface area contributed by atoms with Gasteiger partial charge in [-0.3, -0.25) is 4.79 Å². The zero-order chi connectivity index (χ0) is 15.0. The van der Waals surface area contributed by atoms with Crippen molar-refractivity contribution < 1.29 is 23.8 Å². The molecule has 1 atom stereocenters. The van der Waals surface area contributed by atoms with Crippen LogP contribution < -0.4 is 14.8 Å². The molecular weight excluding hydrogens is 262 g/mol. The van der Waals surface area contributed by atoms with Crippen molar-refractivity contribution in [2.24, 2.45) is 0 Å². The number of esters is 1. The molecule has 1 unspecified atom stereocenters. The van der Waals surface area contributed by atoms with Gasteiger partial charge in [0.2, 0.25) is 0 Å². The quantitative estimate of drug-likeness (QED) is 0.759. The highest BCUT2D eigenvalue weighted by molar-refractivity contribution is 5.84. The molecule has 6 heteroatoms. The fourth-order valence-corrected chi connectivity index (χ4v) is 1.43. The molecule has 0 spiro atoms. The van der Waals surface area contributed by atoms with Crippen LogP contribution in [-0.2, 0) is 14.3 Å². The van der Waals surface area contributed by atoms with Gasteiger partial charge in [-0.25, -0.2) is 4.79 Å². The van der Waals surface area contributed by atoms with Gasteiger partial charge in [0.05, 0.1) is 13.7 Å². The summed E-state index contributed by atoms with van der Waals surface area (Å²) >= 11 is 0. The second kappa shape index (κ2) is 8.04. The molecule has 0 aliphatic rings. The van der Waals surface area contributed by atoms with Gasteiger partial charge in [-0.05, 0) is 38.1 Å². The normalized spacial score (nSPS) is 11.3. The number of amides is 1. The summed E-state index contributed by atoms with van der Waals surface area (Å²) in [4.78, 5) is 22.9. The van der Waals surface area contributed by atoms with E-state index in [4.69, 9.17) is 14.2 Å². The number of ether oxygens (including phenoxy) is 3. The summed E-state index contributed by atoms with van der Waals surface area (Å²) in [5, 5.41) is 2.49. The van der Waals surface area contributed by atoms with Gasteiger partial charge < -0.3 is 19.5 Å². The van der Waals surface area contributed by atoms with Crippen molar-refractivity contribution in [3.05, 3.63) is 24.3 Å². The van der Waals surface area contributed by atoms with E-state index in [-0.39, 0.29) is 19.1 Å². The first-order valence-corrected chi connectivity index (χ1v) is 6.29. The Balaban J connectivity index is 2.37. The van der Waals surface area contributed by atoms with Crippen LogP contribution in [0.1, 0.15) is 13.8 Å². The lowest BCUT2D eigenvalue weighted by atomic mass is 10.3. The van der Waals surface area contributed by atoms with Gasteiger partial charge in [0, 0.05) is 0 Å². The Morgan fingerprint density at radius 3 is 2.35 bits per heavy atom. The van der Waals surface area contributed by atoms with Crippen LogP contribution >= 0.6 is 0 Å². The lowest BCUT2D eigenvalue weighted by Crippen LogP contribution is -2.41. The van der Waals surface area contributed by atoms with Crippen molar-refractivity contribution in [1.82, 2.24) is 5.32 Å². The minimum Gasteiger partial charge on any atom is -0.497 e. The molecule has 0 fully saturated rings. The average molecular weight is 281 g/mol. The van der Waals surface area contributed by atoms with Crippen LogP contribution in [0, 0.1) is 0 Å². The van der Waals surface area contributed by atoms with E-state index in [1.54, 1.807) is 45.2 Å². The lowest BCUT2D eigenvalue weighted by molar-refractivity contribution is -0.147. The number of hydrogen-bond donors (Lipinski definition) is 1. The third-order valence-electron chi connectivity index (χ3n) is 2.45. The maximum absolute atomic E-state index is 11.6. The minimum absolute atomic E-state index is 0.171. The number of carbonyl (C=O) groups is 2. The van der Waals surface area contributed by atoms with Crippen LogP contribution in [-0.4, -0.2) is 38.2 Å². The standard InChI is InChI=1S/C14H19NO5/c1-4-19-14(17)10(2)15-13(16)9-20-12-7-5-11(18-3)6-8-12/h5-8,10H,4,9H2,1-3H3,(H,15,16). The molecule has 0 aliphatic heterocycles. The van der Waals surface area contributed by atoms with Gasteiger partial charge >= 0.3 is 5.97 Å². The molecular formula is C14H19NO5. The number of benzene rings is 1. The first-order valence-electron chi connectivity index (χ1n) is 6.29. The molecule has 1 aromatic carbocycles. The second-order valence-corrected chi connectivity index (χ2v) is 4.01. The van der Waals surface area contributed by atoms with E-state index in [9.17, 15) is 9.59 Å². The molecule has 0 radical (unpaired) electrons. The molecule has 6 nitrogen and oxygen atoms in total. The topological polar surface area (TPSA) is 73.9 Å². The van der Waals surface area contributed by atoms with Gasteiger partial charge in [0.1, 0.15) is 17.5 Å². The Labute approximate surface area is 118 Å². The second-order valence-electron chi connectivity index (χ2n) is 4.01. The zero-order valence-corrected chi connectivity index (χ0v) is 11.8. The molecule has 0 heterocycles. The summed E-state index contributed by atoms with van der Waals surface area (Å²) < 4.78 is 15.1. The van der Waals surface area contributed by atoms with E-state index >= 15 is 0 Å². The summed E-state index contributed by atoms with van der Waals surface area (Å²) in [6.45, 7) is 3.37. The molecule has 110 valence electrons. The van der Waals surface area contributed by atoms with Crippen molar-refractivity contribution in [2.45, 2.75) is 19.9 Å². The van der Waals surface area contributed by atoms with Crippen LogP contribution in [0.4, 0.5) is 0 Å². The Bertz CT molecular complexity index is 443. The molecule has 1 N–H and O–H groups in total. The fourth-order valence-electron chi connectivity index (χ4n) is 1.43. The van der Waals surface area contributed by atoms with E-state index in [0.717, 1.165) is 0 Å². The summed E-state index contributed by atoms with van der Waals surface area (Å²) in [5.41, 5.74) is 0. The van der Waals surface area contributed by atoms with E-state index in [1.807, 2.05) is 0 Å². The van der Waals surface area contributed by atoms with Gasteiger partial charge in [0.15, 0.2) is 6.61 Å².